The fourth-order valence-corrected chi connectivity index (χ4v) is 14.1. The van der Waals surface area contributed by atoms with E-state index in [1.165, 1.54) is 0 Å². The van der Waals surface area contributed by atoms with E-state index in [0.717, 1.165) is 120 Å². The number of hydrogen-bond donors (Lipinski definition) is 2. The summed E-state index contributed by atoms with van der Waals surface area (Å²) in [4.78, 5) is 45.8. The van der Waals surface area contributed by atoms with Gasteiger partial charge in [-0.15, -0.1) is 0 Å². The van der Waals surface area contributed by atoms with Gasteiger partial charge in [0.05, 0.1) is 24.6 Å². The summed E-state index contributed by atoms with van der Waals surface area (Å²) in [6.45, 7) is 12.2. The summed E-state index contributed by atoms with van der Waals surface area (Å²) >= 11 is 0. The molecule has 2 N–H and O–H groups in total. The SMILES string of the molecule is Cc1cccc(OP(OCCCCC(=O)Nc2c(C3=C([O-])/C(=c4/cc5c6c(c4NC(=O)CCCCOP(Oc4ccccc4C)Oc4ccccc4C)CCC[N+]=6CCC5)C3=O)cc3c4c2CCCN4CCC3)Oc2ccccc2C)c1. The van der Waals surface area contributed by atoms with E-state index >= 15 is 9.90 Å². The number of carbonyl (C=O) groups excluding carboxylic acids is 3. The summed E-state index contributed by atoms with van der Waals surface area (Å²) < 4.78 is 39.9. The van der Waals surface area contributed by atoms with Crippen LogP contribution in [-0.4, -0.2) is 57.0 Å². The number of hydrogen-bond acceptors (Lipinski definition) is 11. The van der Waals surface area contributed by atoms with Gasteiger partial charge in [0, 0.05) is 77.5 Å². The molecule has 16 heteroatoms. The van der Waals surface area contributed by atoms with E-state index in [-0.39, 0.29) is 47.3 Å². The quantitative estimate of drug-likeness (QED) is 0.0357. The van der Waals surface area contributed by atoms with Gasteiger partial charge in [0.1, 0.15) is 36.1 Å². The molecule has 1 aliphatic carbocycles. The highest BCUT2D eigenvalue weighted by molar-refractivity contribution is 7.42. The molecule has 11 rings (SSSR count). The normalized spacial score (nSPS) is 16.2. The minimum atomic E-state index is -1.80. The van der Waals surface area contributed by atoms with Gasteiger partial charge in [-0.1, -0.05) is 72.5 Å². The molecule has 4 aliphatic heterocycles. The van der Waals surface area contributed by atoms with Crippen LogP contribution in [0.1, 0.15) is 114 Å². The van der Waals surface area contributed by atoms with Gasteiger partial charge in [-0.3, -0.25) is 23.4 Å². The zero-order valence-corrected chi connectivity index (χ0v) is 49.2. The van der Waals surface area contributed by atoms with E-state index in [9.17, 15) is 9.59 Å². The van der Waals surface area contributed by atoms with Crippen molar-refractivity contribution in [3.8, 4) is 23.0 Å². The lowest BCUT2D eigenvalue weighted by Crippen LogP contribution is -2.46. The van der Waals surface area contributed by atoms with Crippen molar-refractivity contribution in [3.05, 3.63) is 176 Å². The van der Waals surface area contributed by atoms with Crippen molar-refractivity contribution in [2.75, 3.05) is 54.9 Å². The molecule has 2 amide bonds. The number of carbonyl (C=O) groups is 3. The van der Waals surface area contributed by atoms with Crippen molar-refractivity contribution in [2.45, 2.75) is 118 Å². The first kappa shape index (κ1) is 56.8. The molecule has 0 spiro atoms. The van der Waals surface area contributed by atoms with Crippen molar-refractivity contribution in [1.29, 1.82) is 0 Å². The predicted octanol–water partition coefficient (Wildman–Crippen LogP) is 11.5. The Balaban J connectivity index is 0.818. The molecule has 6 aromatic rings. The van der Waals surface area contributed by atoms with E-state index in [0.29, 0.717) is 96.9 Å². The van der Waals surface area contributed by atoms with Crippen LogP contribution in [0.15, 0.2) is 115 Å². The number of allylic oxidation sites excluding steroid dienone is 2. The van der Waals surface area contributed by atoms with E-state index < -0.39 is 17.2 Å². The van der Waals surface area contributed by atoms with Crippen LogP contribution in [0.2, 0.25) is 0 Å². The van der Waals surface area contributed by atoms with Crippen LogP contribution < -0.4 is 53.9 Å². The average Bonchev–Trinajstić information content (AvgIpc) is 1.11. The third-order valence-electron chi connectivity index (χ3n) is 16.0. The standard InChI is InChI=1S/C66H72N4O10P2/c1-43-20-15-26-49(40-43)77-81(78-54-29-8-5-21-44(54)2)75-38-13-11-32-57(71)67-61-50-27-18-36-69-34-16-24-47(63(50)69)41-52(61)59-65(73)60(66(59)74)53-42-48-25-17-35-70-37-19-28-51(64(48)70)62(53)68-58(72)33-12-14-39-76-82(79-55-30-9-6-22-45(55)3)80-56-31-10-7-23-46(56)4/h5-10,15,20-23,26,29-31,40-42H,11-14,16-19,24-25,27-28,32-39H2,1-4H3,(H2,67,68,71,72,73,74). The van der Waals surface area contributed by atoms with Gasteiger partial charge in [-0.2, -0.15) is 0 Å². The number of amides is 2. The van der Waals surface area contributed by atoms with Crippen molar-refractivity contribution < 1.29 is 46.6 Å². The largest absolute Gasteiger partial charge is 0.871 e. The first-order valence-corrected chi connectivity index (χ1v) is 31.3. The minimum Gasteiger partial charge on any atom is -0.871 e. The molecule has 5 aliphatic rings. The number of nitrogens with one attached hydrogen (secondary N) is 2. The van der Waals surface area contributed by atoms with Crippen molar-refractivity contribution in [3.63, 3.8) is 0 Å². The van der Waals surface area contributed by atoms with Gasteiger partial charge in [0.25, 0.3) is 0 Å². The third-order valence-corrected chi connectivity index (χ3v) is 18.2. The number of rotatable bonds is 23. The van der Waals surface area contributed by atoms with E-state index in [4.69, 9.17) is 27.1 Å². The number of benzene rings is 6. The van der Waals surface area contributed by atoms with E-state index in [2.05, 4.69) is 20.1 Å². The lowest BCUT2D eigenvalue weighted by molar-refractivity contribution is -0.292. The summed E-state index contributed by atoms with van der Waals surface area (Å²) in [5.74, 6) is 1.54. The Kier molecular flexibility index (Phi) is 18.0. The highest BCUT2D eigenvalue weighted by atomic mass is 31.2. The van der Waals surface area contributed by atoms with Crippen LogP contribution in [0.25, 0.3) is 11.1 Å². The second kappa shape index (κ2) is 26.0. The van der Waals surface area contributed by atoms with E-state index in [1.807, 2.05) is 137 Å². The van der Waals surface area contributed by atoms with Crippen LogP contribution in [-0.2, 0) is 49.1 Å². The number of para-hydroxylation sites is 3. The number of Topliss-reactive ketones (excluding diaryl/α,β-unsaturated/α-hetero) is 1. The minimum absolute atomic E-state index is 0.0825. The molecule has 0 bridgehead atoms. The molecule has 426 valence electrons. The molecule has 4 heterocycles. The monoisotopic (exact) mass is 1140 g/mol. The molecular formula is C66H72N4O10P2. The number of ketones is 1. The van der Waals surface area contributed by atoms with Crippen molar-refractivity contribution >= 4 is 63.0 Å². The van der Waals surface area contributed by atoms with Crippen LogP contribution in [0.3, 0.4) is 0 Å². The van der Waals surface area contributed by atoms with Gasteiger partial charge < -0.3 is 38.7 Å². The Morgan fingerprint density at radius 1 is 0.585 bits per heavy atom. The van der Waals surface area contributed by atoms with Crippen LogP contribution in [0.4, 0.5) is 17.1 Å². The van der Waals surface area contributed by atoms with Crippen molar-refractivity contribution in [1.82, 2.24) is 4.58 Å². The molecule has 0 saturated carbocycles. The average molecular weight is 1140 g/mol. The van der Waals surface area contributed by atoms with Gasteiger partial charge in [0.15, 0.2) is 5.78 Å². The smallest absolute Gasteiger partial charge is 0.463 e. The Labute approximate surface area is 483 Å². The lowest BCUT2D eigenvalue weighted by atomic mass is 9.77. The zero-order valence-electron chi connectivity index (χ0n) is 47.4. The summed E-state index contributed by atoms with van der Waals surface area (Å²) in [6.07, 6.45) is 9.31. The fraction of sp³-hybridized carbons (Fsp3) is 0.364. The molecule has 0 saturated heterocycles. The van der Waals surface area contributed by atoms with Gasteiger partial charge in [-0.25, -0.2) is 4.58 Å². The molecule has 82 heavy (non-hydrogen) atoms. The number of anilines is 3. The topological polar surface area (TPSA) is 160 Å². The fourth-order valence-electron chi connectivity index (χ4n) is 11.9. The molecule has 0 aromatic heterocycles. The van der Waals surface area contributed by atoms with E-state index in [1.54, 1.807) is 0 Å². The number of unbranched alkanes of at least 4 members (excludes halogenated alkanes) is 2. The summed E-state index contributed by atoms with van der Waals surface area (Å²) in [5, 5.41) is 23.2. The molecule has 1 atom stereocenters. The Hall–Kier alpha value is -7.08. The number of aryl methyl sites for hydroxylation is 6. The van der Waals surface area contributed by atoms with Crippen molar-refractivity contribution in [2.24, 2.45) is 0 Å². The molecular weight excluding hydrogens is 1070 g/mol. The van der Waals surface area contributed by atoms with Gasteiger partial charge >= 0.3 is 17.2 Å². The highest BCUT2D eigenvalue weighted by Crippen LogP contribution is 2.48. The predicted molar refractivity (Wildman–Crippen MR) is 322 cm³/mol. The molecule has 14 nitrogen and oxygen atoms in total. The second-order valence-corrected chi connectivity index (χ2v) is 24.1. The molecule has 6 aromatic carbocycles. The lowest BCUT2D eigenvalue weighted by Gasteiger charge is -2.40. The van der Waals surface area contributed by atoms with Crippen LogP contribution in [0.5, 0.6) is 23.0 Å². The molecule has 0 radical (unpaired) electrons. The summed E-state index contributed by atoms with van der Waals surface area (Å²) in [6, 6.07) is 34.9. The second-order valence-electron chi connectivity index (χ2n) is 22.0. The highest BCUT2D eigenvalue weighted by Gasteiger charge is 2.37. The van der Waals surface area contributed by atoms with Crippen LogP contribution >= 0.6 is 17.2 Å². The first-order chi connectivity index (χ1) is 40.0. The van der Waals surface area contributed by atoms with Gasteiger partial charge in [0.2, 0.25) is 17.2 Å². The molecule has 0 fully saturated rings. The third kappa shape index (κ3) is 12.8. The first-order valence-electron chi connectivity index (χ1n) is 29.1. The Morgan fingerprint density at radius 2 is 1.13 bits per heavy atom. The Bertz CT molecular complexity index is 3530. The maximum absolute atomic E-state index is 15.1. The maximum Gasteiger partial charge on any atom is 0.463 e. The Morgan fingerprint density at radius 3 is 1.73 bits per heavy atom. The maximum atomic E-state index is 15.1. The molecule has 1 unspecified atom stereocenters. The number of nitrogens with zero attached hydrogens (tertiary/aromatic N) is 2. The summed E-state index contributed by atoms with van der Waals surface area (Å²) in [7, 11) is -3.60. The van der Waals surface area contributed by atoms with Gasteiger partial charge in [-0.05, 0) is 168 Å². The van der Waals surface area contributed by atoms with Crippen LogP contribution in [0, 0.1) is 27.7 Å². The summed E-state index contributed by atoms with van der Waals surface area (Å²) in [5.41, 5.74) is 11.0. The zero-order chi connectivity index (χ0) is 56.7.